The van der Waals surface area contributed by atoms with Crippen LogP contribution in [0.5, 0.6) is 17.2 Å². The van der Waals surface area contributed by atoms with E-state index in [4.69, 9.17) is 9.47 Å². The molecule has 0 atom stereocenters. The van der Waals surface area contributed by atoms with Gasteiger partial charge in [0.2, 0.25) is 0 Å². The molecule has 0 aliphatic heterocycles. The van der Waals surface area contributed by atoms with Crippen molar-refractivity contribution in [2.45, 2.75) is 6.92 Å². The second-order valence-electron chi connectivity index (χ2n) is 3.25. The van der Waals surface area contributed by atoms with Crippen LogP contribution in [0.25, 0.3) is 0 Å². The van der Waals surface area contributed by atoms with E-state index in [2.05, 4.69) is 6.07 Å². The smallest absolute Gasteiger partial charge is 0.131 e. The summed E-state index contributed by atoms with van der Waals surface area (Å²) in [5, 5.41) is 0. The summed E-state index contributed by atoms with van der Waals surface area (Å²) >= 11 is 0. The number of ether oxygens (including phenoxy) is 2. The van der Waals surface area contributed by atoms with Crippen molar-refractivity contribution in [2.24, 2.45) is 0 Å². The van der Waals surface area contributed by atoms with Crippen LogP contribution in [-0.2, 0) is 0 Å². The first-order valence-corrected chi connectivity index (χ1v) is 5.25. The molecule has 81 valence electrons. The van der Waals surface area contributed by atoms with E-state index >= 15 is 0 Å². The van der Waals surface area contributed by atoms with E-state index in [0.717, 1.165) is 17.2 Å². The van der Waals surface area contributed by atoms with Gasteiger partial charge in [-0.05, 0) is 37.3 Å². The van der Waals surface area contributed by atoms with Crippen molar-refractivity contribution < 1.29 is 9.47 Å². The molecular formula is C14H13O2. The number of hydrogen-bond donors (Lipinski definition) is 0. The fraction of sp³-hybridized carbons (Fsp3) is 0.143. The van der Waals surface area contributed by atoms with Crippen LogP contribution >= 0.6 is 0 Å². The van der Waals surface area contributed by atoms with Crippen LogP contribution in [0.4, 0.5) is 0 Å². The highest BCUT2D eigenvalue weighted by Gasteiger charge is 1.98. The lowest BCUT2D eigenvalue weighted by molar-refractivity contribution is 0.338. The van der Waals surface area contributed by atoms with Gasteiger partial charge in [-0.3, -0.25) is 0 Å². The van der Waals surface area contributed by atoms with E-state index in [0.29, 0.717) is 6.61 Å². The highest BCUT2D eigenvalue weighted by molar-refractivity contribution is 5.36. The Morgan fingerprint density at radius 3 is 2.62 bits per heavy atom. The summed E-state index contributed by atoms with van der Waals surface area (Å²) in [5.74, 6) is 2.36. The molecule has 0 aliphatic rings. The van der Waals surface area contributed by atoms with Gasteiger partial charge in [-0.25, -0.2) is 0 Å². The summed E-state index contributed by atoms with van der Waals surface area (Å²) in [6.45, 7) is 2.61. The van der Waals surface area contributed by atoms with Gasteiger partial charge in [-0.2, -0.15) is 0 Å². The van der Waals surface area contributed by atoms with E-state index in [9.17, 15) is 0 Å². The summed E-state index contributed by atoms with van der Waals surface area (Å²) in [5.41, 5.74) is 0. The Kier molecular flexibility index (Phi) is 3.44. The molecule has 0 aromatic heterocycles. The topological polar surface area (TPSA) is 18.5 Å². The third-order valence-electron chi connectivity index (χ3n) is 2.03. The minimum absolute atomic E-state index is 0.655. The molecule has 0 amide bonds. The van der Waals surface area contributed by atoms with Crippen LogP contribution in [0, 0.1) is 6.07 Å². The fourth-order valence-corrected chi connectivity index (χ4v) is 1.37. The molecule has 0 heterocycles. The van der Waals surface area contributed by atoms with E-state index < -0.39 is 0 Å². The maximum absolute atomic E-state index is 5.65. The Bertz CT molecular complexity index is 437. The molecule has 2 nitrogen and oxygen atoms in total. The standard InChI is InChI=1S/C14H13O2/c1-2-15-13-9-6-10-14(11-13)16-12-7-4-3-5-8-12/h3-4,6-11H,2H2,1H3. The van der Waals surface area contributed by atoms with Gasteiger partial charge in [-0.15, -0.1) is 0 Å². The van der Waals surface area contributed by atoms with Gasteiger partial charge in [0.05, 0.1) is 6.61 Å². The molecule has 0 fully saturated rings. The number of benzene rings is 2. The molecule has 2 rings (SSSR count). The highest BCUT2D eigenvalue weighted by atomic mass is 16.5. The average Bonchev–Trinajstić information content (AvgIpc) is 2.31. The van der Waals surface area contributed by atoms with Crippen LogP contribution in [0.1, 0.15) is 6.92 Å². The summed E-state index contributed by atoms with van der Waals surface area (Å²) in [4.78, 5) is 0. The maximum Gasteiger partial charge on any atom is 0.131 e. The van der Waals surface area contributed by atoms with Crippen LogP contribution in [0.15, 0.2) is 48.5 Å². The summed E-state index contributed by atoms with van der Waals surface area (Å²) in [6, 6.07) is 18.0. The number of hydrogen-bond acceptors (Lipinski definition) is 2. The van der Waals surface area contributed by atoms with Gasteiger partial charge in [0, 0.05) is 6.07 Å². The normalized spacial score (nSPS) is 9.81. The van der Waals surface area contributed by atoms with Crippen molar-refractivity contribution in [3.8, 4) is 17.2 Å². The third-order valence-corrected chi connectivity index (χ3v) is 2.03. The van der Waals surface area contributed by atoms with E-state index in [-0.39, 0.29) is 0 Å². The fourth-order valence-electron chi connectivity index (χ4n) is 1.37. The molecule has 0 saturated carbocycles. The van der Waals surface area contributed by atoms with Crippen molar-refractivity contribution in [3.63, 3.8) is 0 Å². The van der Waals surface area contributed by atoms with Crippen LogP contribution in [-0.4, -0.2) is 6.61 Å². The minimum Gasteiger partial charge on any atom is -0.494 e. The molecule has 0 bridgehead atoms. The minimum atomic E-state index is 0.655. The summed E-state index contributed by atoms with van der Waals surface area (Å²) < 4.78 is 11.1. The molecule has 0 saturated heterocycles. The Balaban J connectivity index is 2.12. The lowest BCUT2D eigenvalue weighted by Gasteiger charge is -2.07. The Morgan fingerprint density at radius 2 is 1.88 bits per heavy atom. The molecule has 2 aromatic carbocycles. The van der Waals surface area contributed by atoms with Crippen LogP contribution in [0.2, 0.25) is 0 Å². The Labute approximate surface area is 95.4 Å². The Morgan fingerprint density at radius 1 is 1.06 bits per heavy atom. The van der Waals surface area contributed by atoms with E-state index in [1.807, 2.05) is 49.4 Å². The second-order valence-corrected chi connectivity index (χ2v) is 3.25. The molecule has 0 spiro atoms. The predicted molar refractivity (Wildman–Crippen MR) is 63.0 cm³/mol. The maximum atomic E-state index is 5.65. The zero-order chi connectivity index (χ0) is 11.2. The van der Waals surface area contributed by atoms with Crippen molar-refractivity contribution in [2.75, 3.05) is 6.61 Å². The molecule has 16 heavy (non-hydrogen) atoms. The highest BCUT2D eigenvalue weighted by Crippen LogP contribution is 2.24. The van der Waals surface area contributed by atoms with Crippen molar-refractivity contribution in [1.29, 1.82) is 0 Å². The molecule has 0 N–H and O–H groups in total. The van der Waals surface area contributed by atoms with Gasteiger partial charge < -0.3 is 9.47 Å². The zero-order valence-electron chi connectivity index (χ0n) is 9.14. The second kappa shape index (κ2) is 5.21. The summed E-state index contributed by atoms with van der Waals surface area (Å²) in [7, 11) is 0. The quantitative estimate of drug-likeness (QED) is 0.771. The van der Waals surface area contributed by atoms with E-state index in [1.165, 1.54) is 0 Å². The van der Waals surface area contributed by atoms with Gasteiger partial charge in [0.1, 0.15) is 17.2 Å². The first-order chi connectivity index (χ1) is 7.88. The molecule has 2 heteroatoms. The first kappa shape index (κ1) is 10.6. The first-order valence-electron chi connectivity index (χ1n) is 5.25. The van der Waals surface area contributed by atoms with Crippen molar-refractivity contribution in [3.05, 3.63) is 54.6 Å². The van der Waals surface area contributed by atoms with Crippen molar-refractivity contribution >= 4 is 0 Å². The lowest BCUT2D eigenvalue weighted by Crippen LogP contribution is -1.91. The third kappa shape index (κ3) is 2.76. The monoisotopic (exact) mass is 213 g/mol. The molecular weight excluding hydrogens is 200 g/mol. The SMILES string of the molecule is CCOc1cccc(Oc2c[c]ccc2)c1. The predicted octanol–water partition coefficient (Wildman–Crippen LogP) is 3.68. The molecule has 0 aliphatic carbocycles. The van der Waals surface area contributed by atoms with Gasteiger partial charge in [-0.1, -0.05) is 18.2 Å². The average molecular weight is 213 g/mol. The Hall–Kier alpha value is -1.96. The van der Waals surface area contributed by atoms with E-state index in [1.54, 1.807) is 6.07 Å². The van der Waals surface area contributed by atoms with Crippen LogP contribution in [0.3, 0.4) is 0 Å². The van der Waals surface area contributed by atoms with Crippen molar-refractivity contribution in [1.82, 2.24) is 0 Å². The zero-order valence-corrected chi connectivity index (χ0v) is 9.14. The molecule has 2 aromatic rings. The lowest BCUT2D eigenvalue weighted by atomic mass is 10.3. The van der Waals surface area contributed by atoms with Gasteiger partial charge >= 0.3 is 0 Å². The van der Waals surface area contributed by atoms with Gasteiger partial charge in [0.15, 0.2) is 0 Å². The number of rotatable bonds is 4. The molecule has 1 radical (unpaired) electrons. The molecule has 0 unspecified atom stereocenters. The largest absolute Gasteiger partial charge is 0.494 e. The van der Waals surface area contributed by atoms with Gasteiger partial charge in [0.25, 0.3) is 0 Å². The van der Waals surface area contributed by atoms with Crippen LogP contribution < -0.4 is 9.47 Å². The summed E-state index contributed by atoms with van der Waals surface area (Å²) in [6.07, 6.45) is 0.